The Balaban J connectivity index is 2.10. The molecule has 1 fully saturated rings. The second-order valence-corrected chi connectivity index (χ2v) is 11.1. The first-order valence-electron chi connectivity index (χ1n) is 10.6. The van der Waals surface area contributed by atoms with Gasteiger partial charge < -0.3 is 4.74 Å². The topological polar surface area (TPSA) is 92.8 Å². The summed E-state index contributed by atoms with van der Waals surface area (Å²) in [6.07, 6.45) is 2.69. The van der Waals surface area contributed by atoms with Crippen molar-refractivity contribution >= 4 is 31.4 Å². The quantitative estimate of drug-likeness (QED) is 0.636. The van der Waals surface area contributed by atoms with Crippen LogP contribution in [0.5, 0.6) is 5.75 Å². The lowest BCUT2D eigenvalue weighted by atomic mass is 10.0. The van der Waals surface area contributed by atoms with Gasteiger partial charge in [-0.2, -0.15) is 0 Å². The van der Waals surface area contributed by atoms with Gasteiger partial charge in [0, 0.05) is 6.54 Å². The maximum Gasteiger partial charge on any atom is 0.265 e. The average Bonchev–Trinajstić information content (AvgIpc) is 2.74. The summed E-state index contributed by atoms with van der Waals surface area (Å²) in [6.45, 7) is 6.34. The highest BCUT2D eigenvalue weighted by molar-refractivity contribution is 7.93. The molecule has 9 heteroatoms. The van der Waals surface area contributed by atoms with Crippen LogP contribution in [0.2, 0.25) is 0 Å². The molecule has 0 saturated carbocycles. The van der Waals surface area contributed by atoms with Crippen molar-refractivity contribution < 1.29 is 21.6 Å². The Morgan fingerprint density at radius 2 is 1.71 bits per heavy atom. The van der Waals surface area contributed by atoms with Gasteiger partial charge in [0.2, 0.25) is 10.0 Å². The van der Waals surface area contributed by atoms with Gasteiger partial charge in [0.1, 0.15) is 10.6 Å². The summed E-state index contributed by atoms with van der Waals surface area (Å²) in [6, 6.07) is 10.3. The van der Waals surface area contributed by atoms with Crippen LogP contribution in [-0.2, 0) is 32.9 Å². The summed E-state index contributed by atoms with van der Waals surface area (Å²) in [5, 5.41) is 0. The van der Waals surface area contributed by atoms with E-state index in [0.717, 1.165) is 17.5 Å². The summed E-state index contributed by atoms with van der Waals surface area (Å²) in [5.41, 5.74) is 2.71. The van der Waals surface area contributed by atoms with Crippen molar-refractivity contribution in [3.63, 3.8) is 0 Å². The van der Waals surface area contributed by atoms with Crippen molar-refractivity contribution in [2.45, 2.75) is 51.3 Å². The van der Waals surface area contributed by atoms with Crippen molar-refractivity contribution in [1.29, 1.82) is 0 Å². The second-order valence-electron chi connectivity index (χ2n) is 7.42. The van der Waals surface area contributed by atoms with Crippen molar-refractivity contribution in [2.75, 3.05) is 27.9 Å². The first kappa shape index (κ1) is 23.4. The van der Waals surface area contributed by atoms with Crippen molar-refractivity contribution in [1.82, 2.24) is 0 Å². The summed E-state index contributed by atoms with van der Waals surface area (Å²) >= 11 is 0. The monoisotopic (exact) mass is 466 g/mol. The van der Waals surface area contributed by atoms with Crippen molar-refractivity contribution in [3.8, 4) is 5.75 Å². The van der Waals surface area contributed by atoms with Crippen LogP contribution in [0.3, 0.4) is 0 Å². The molecule has 1 N–H and O–H groups in total. The van der Waals surface area contributed by atoms with E-state index in [1.54, 1.807) is 13.0 Å². The molecule has 0 aliphatic carbocycles. The van der Waals surface area contributed by atoms with Crippen LogP contribution in [0, 0.1) is 0 Å². The van der Waals surface area contributed by atoms with Crippen LogP contribution >= 0.6 is 0 Å². The third-order valence-electron chi connectivity index (χ3n) is 5.39. The smallest absolute Gasteiger partial charge is 0.265 e. The van der Waals surface area contributed by atoms with Crippen LogP contribution in [0.25, 0.3) is 0 Å². The number of ether oxygens (including phenoxy) is 1. The summed E-state index contributed by atoms with van der Waals surface area (Å²) in [7, 11) is -7.49. The van der Waals surface area contributed by atoms with E-state index in [2.05, 4.69) is 4.72 Å². The van der Waals surface area contributed by atoms with Crippen LogP contribution in [0.15, 0.2) is 41.3 Å². The van der Waals surface area contributed by atoms with Crippen molar-refractivity contribution in [3.05, 3.63) is 47.5 Å². The molecule has 0 amide bonds. The van der Waals surface area contributed by atoms with Crippen LogP contribution in [0.4, 0.5) is 11.4 Å². The highest BCUT2D eigenvalue weighted by atomic mass is 32.2. The predicted molar refractivity (Wildman–Crippen MR) is 124 cm³/mol. The number of nitrogens with zero attached hydrogens (tertiary/aromatic N) is 1. The zero-order valence-corrected chi connectivity index (χ0v) is 19.9. The van der Waals surface area contributed by atoms with E-state index in [0.29, 0.717) is 37.2 Å². The molecule has 0 radical (unpaired) electrons. The number of benzene rings is 2. The molecule has 1 heterocycles. The summed E-state index contributed by atoms with van der Waals surface area (Å²) in [5.74, 6) is 0.254. The first-order chi connectivity index (χ1) is 14.7. The van der Waals surface area contributed by atoms with Gasteiger partial charge in [-0.25, -0.2) is 16.8 Å². The third-order valence-corrected chi connectivity index (χ3v) is 8.63. The normalized spacial score (nSPS) is 16.2. The number of hydrogen-bond donors (Lipinski definition) is 1. The highest BCUT2D eigenvalue weighted by Gasteiger charge is 2.29. The minimum absolute atomic E-state index is 0.0598. The molecule has 1 aliphatic heterocycles. The van der Waals surface area contributed by atoms with E-state index in [1.165, 1.54) is 16.4 Å². The minimum Gasteiger partial charge on any atom is -0.492 e. The second kappa shape index (κ2) is 9.48. The van der Waals surface area contributed by atoms with Crippen LogP contribution in [0.1, 0.15) is 44.7 Å². The molecule has 0 bridgehead atoms. The Morgan fingerprint density at radius 1 is 1.03 bits per heavy atom. The standard InChI is InChI=1S/C22H30N2O5S2/c1-4-17-10-9-11-18(5-2)22(17)23-31(27,28)21-16-19(12-13-20(21)29-6-3)24-14-7-8-15-30(24,25)26/h9-13,16,23H,4-8,14-15H2,1-3H3. The highest BCUT2D eigenvalue weighted by Crippen LogP contribution is 2.34. The lowest BCUT2D eigenvalue weighted by Gasteiger charge is -2.29. The number of hydrogen-bond acceptors (Lipinski definition) is 5. The molecule has 0 aromatic heterocycles. The average molecular weight is 467 g/mol. The molecule has 3 rings (SSSR count). The molecule has 31 heavy (non-hydrogen) atoms. The number of nitrogens with one attached hydrogen (secondary N) is 1. The molecular weight excluding hydrogens is 436 g/mol. The number of sulfonamides is 2. The summed E-state index contributed by atoms with van der Waals surface area (Å²) < 4.78 is 61.6. The number of para-hydroxylation sites is 1. The van der Waals surface area contributed by atoms with E-state index in [4.69, 9.17) is 4.74 Å². The molecule has 1 aliphatic rings. The Labute approximate surface area is 185 Å². The molecule has 7 nitrogen and oxygen atoms in total. The molecule has 2 aromatic carbocycles. The van der Waals surface area contributed by atoms with Gasteiger partial charge in [0.15, 0.2) is 0 Å². The van der Waals surface area contributed by atoms with Gasteiger partial charge in [-0.15, -0.1) is 0 Å². The third kappa shape index (κ3) is 4.98. The van der Waals surface area contributed by atoms with Crippen LogP contribution in [-0.4, -0.2) is 35.7 Å². The lowest BCUT2D eigenvalue weighted by molar-refractivity contribution is 0.331. The summed E-state index contributed by atoms with van der Waals surface area (Å²) in [4.78, 5) is -0.0689. The molecule has 2 aromatic rings. The lowest BCUT2D eigenvalue weighted by Crippen LogP contribution is -2.38. The fraction of sp³-hybridized carbons (Fsp3) is 0.455. The molecule has 170 valence electrons. The molecular formula is C22H30N2O5S2. The van der Waals surface area contributed by atoms with E-state index in [1.807, 2.05) is 32.0 Å². The van der Waals surface area contributed by atoms with Gasteiger partial charge >= 0.3 is 0 Å². The van der Waals surface area contributed by atoms with Gasteiger partial charge in [-0.05, 0) is 61.9 Å². The Bertz CT molecular complexity index is 1120. The van der Waals surface area contributed by atoms with E-state index < -0.39 is 20.0 Å². The Morgan fingerprint density at radius 3 is 2.29 bits per heavy atom. The Kier molecular flexibility index (Phi) is 7.16. The number of anilines is 2. The Hall–Kier alpha value is -2.26. The fourth-order valence-corrected chi connectivity index (χ4v) is 6.72. The largest absolute Gasteiger partial charge is 0.492 e. The molecule has 0 atom stereocenters. The molecule has 0 spiro atoms. The van der Waals surface area contributed by atoms with Gasteiger partial charge in [0.25, 0.3) is 10.0 Å². The maximum absolute atomic E-state index is 13.5. The maximum atomic E-state index is 13.5. The van der Waals surface area contributed by atoms with E-state index >= 15 is 0 Å². The van der Waals surface area contributed by atoms with Gasteiger partial charge in [-0.1, -0.05) is 32.0 Å². The first-order valence-corrected chi connectivity index (χ1v) is 13.7. The minimum atomic E-state index is -4.03. The molecule has 0 unspecified atom stereocenters. The van der Waals surface area contributed by atoms with E-state index in [-0.39, 0.29) is 23.0 Å². The van der Waals surface area contributed by atoms with Gasteiger partial charge in [-0.3, -0.25) is 9.03 Å². The zero-order chi connectivity index (χ0) is 22.6. The molecule has 1 saturated heterocycles. The van der Waals surface area contributed by atoms with E-state index in [9.17, 15) is 16.8 Å². The number of aryl methyl sites for hydroxylation is 2. The predicted octanol–water partition coefficient (Wildman–Crippen LogP) is 3.94. The van der Waals surface area contributed by atoms with Crippen molar-refractivity contribution in [2.24, 2.45) is 0 Å². The SMILES string of the molecule is CCOc1ccc(N2CCCCS2(=O)=O)cc1S(=O)(=O)Nc1c(CC)cccc1CC. The van der Waals surface area contributed by atoms with Crippen LogP contribution < -0.4 is 13.8 Å². The fourth-order valence-electron chi connectivity index (χ4n) is 3.78. The zero-order valence-electron chi connectivity index (χ0n) is 18.2. The van der Waals surface area contributed by atoms with Gasteiger partial charge in [0.05, 0.1) is 23.7 Å². The number of rotatable bonds is 8.